The van der Waals surface area contributed by atoms with E-state index in [2.05, 4.69) is 5.32 Å². The number of hydrogen-bond donors (Lipinski definition) is 1. The number of carbonyl (C=O) groups is 1. The highest BCUT2D eigenvalue weighted by Crippen LogP contribution is 2.32. The topological polar surface area (TPSA) is 42.0 Å². The maximum absolute atomic E-state index is 12.8. The van der Waals surface area contributed by atoms with E-state index in [0.29, 0.717) is 15.7 Å². The Kier molecular flexibility index (Phi) is 6.17. The van der Waals surface area contributed by atoms with Crippen LogP contribution in [-0.2, 0) is 0 Å². The van der Waals surface area contributed by atoms with E-state index in [9.17, 15) is 4.79 Å². The van der Waals surface area contributed by atoms with Crippen molar-refractivity contribution in [1.29, 1.82) is 0 Å². The molecule has 29 heavy (non-hydrogen) atoms. The molecule has 4 rings (SSSR count). The highest BCUT2D eigenvalue weighted by atomic mass is 35.5. The van der Waals surface area contributed by atoms with Crippen LogP contribution in [0.4, 0.5) is 0 Å². The molecule has 3 aromatic rings. The molecule has 0 bridgehead atoms. The second-order valence-corrected chi connectivity index (χ2v) is 8.29. The summed E-state index contributed by atoms with van der Waals surface area (Å²) in [6, 6.07) is 19.1. The third kappa shape index (κ3) is 4.80. The van der Waals surface area contributed by atoms with Gasteiger partial charge in [0, 0.05) is 27.2 Å². The normalized spacial score (nSPS) is 14.6. The van der Waals surface area contributed by atoms with E-state index in [0.717, 1.165) is 35.2 Å². The van der Waals surface area contributed by atoms with Crippen LogP contribution in [-0.4, -0.2) is 16.9 Å². The SMILES string of the molecule is O=C(NC1CCCCC1)c1ccc(-c2ccc(Cl)cc2)c(-c2ccc(Cl)cc2)n1. The molecule has 2 aromatic carbocycles. The van der Waals surface area contributed by atoms with Crippen LogP contribution in [0.1, 0.15) is 42.6 Å². The Hall–Kier alpha value is -2.36. The van der Waals surface area contributed by atoms with E-state index < -0.39 is 0 Å². The van der Waals surface area contributed by atoms with Crippen molar-refractivity contribution in [2.45, 2.75) is 38.1 Å². The average molecular weight is 425 g/mol. The number of nitrogens with one attached hydrogen (secondary N) is 1. The number of rotatable bonds is 4. The molecule has 148 valence electrons. The van der Waals surface area contributed by atoms with Crippen molar-refractivity contribution in [2.75, 3.05) is 0 Å². The Balaban J connectivity index is 1.71. The minimum absolute atomic E-state index is 0.116. The fourth-order valence-electron chi connectivity index (χ4n) is 3.78. The highest BCUT2D eigenvalue weighted by molar-refractivity contribution is 6.31. The molecular formula is C24H22Cl2N2O. The molecule has 1 fully saturated rings. The molecule has 1 heterocycles. The van der Waals surface area contributed by atoms with Crippen LogP contribution in [0.5, 0.6) is 0 Å². The van der Waals surface area contributed by atoms with Gasteiger partial charge in [0.2, 0.25) is 0 Å². The van der Waals surface area contributed by atoms with Crippen molar-refractivity contribution in [2.24, 2.45) is 0 Å². The summed E-state index contributed by atoms with van der Waals surface area (Å²) in [5.41, 5.74) is 4.02. The van der Waals surface area contributed by atoms with Crippen molar-refractivity contribution in [3.05, 3.63) is 76.4 Å². The first-order valence-corrected chi connectivity index (χ1v) is 10.7. The number of halogens is 2. The third-order valence-electron chi connectivity index (χ3n) is 5.34. The van der Waals surface area contributed by atoms with Gasteiger partial charge in [-0.25, -0.2) is 4.98 Å². The molecule has 5 heteroatoms. The van der Waals surface area contributed by atoms with Crippen molar-refractivity contribution in [3.63, 3.8) is 0 Å². The summed E-state index contributed by atoms with van der Waals surface area (Å²) in [5, 5.41) is 4.49. The summed E-state index contributed by atoms with van der Waals surface area (Å²) >= 11 is 12.1. The summed E-state index contributed by atoms with van der Waals surface area (Å²) in [7, 11) is 0. The van der Waals surface area contributed by atoms with Crippen molar-refractivity contribution < 1.29 is 4.79 Å². The van der Waals surface area contributed by atoms with E-state index in [1.165, 1.54) is 19.3 Å². The first-order valence-electron chi connectivity index (χ1n) is 9.94. The van der Waals surface area contributed by atoms with E-state index in [1.807, 2.05) is 54.6 Å². The predicted octanol–water partition coefficient (Wildman–Crippen LogP) is 6.78. The van der Waals surface area contributed by atoms with Crippen LogP contribution < -0.4 is 5.32 Å². The second kappa shape index (κ2) is 8.98. The molecule has 0 unspecified atom stereocenters. The van der Waals surface area contributed by atoms with E-state index in [-0.39, 0.29) is 11.9 Å². The Morgan fingerprint density at radius 2 is 1.38 bits per heavy atom. The molecule has 1 aliphatic rings. The number of benzene rings is 2. The van der Waals surface area contributed by atoms with E-state index in [1.54, 1.807) is 6.07 Å². The smallest absolute Gasteiger partial charge is 0.270 e. The number of pyridine rings is 1. The Bertz CT molecular complexity index is 994. The van der Waals surface area contributed by atoms with Crippen molar-refractivity contribution in [1.82, 2.24) is 10.3 Å². The zero-order valence-corrected chi connectivity index (χ0v) is 17.5. The molecule has 1 aliphatic carbocycles. The molecule has 0 radical (unpaired) electrons. The Morgan fingerprint density at radius 1 is 0.793 bits per heavy atom. The van der Waals surface area contributed by atoms with Crippen LogP contribution in [0.3, 0.4) is 0 Å². The minimum Gasteiger partial charge on any atom is -0.348 e. The number of amides is 1. The molecule has 1 aromatic heterocycles. The van der Waals surface area contributed by atoms with Gasteiger partial charge in [0.25, 0.3) is 5.91 Å². The fourth-order valence-corrected chi connectivity index (χ4v) is 4.03. The molecule has 0 saturated heterocycles. The second-order valence-electron chi connectivity index (χ2n) is 7.41. The summed E-state index contributed by atoms with van der Waals surface area (Å²) < 4.78 is 0. The van der Waals surface area contributed by atoms with Gasteiger partial charge < -0.3 is 5.32 Å². The van der Waals surface area contributed by atoms with Crippen LogP contribution in [0, 0.1) is 0 Å². The predicted molar refractivity (Wildman–Crippen MR) is 119 cm³/mol. The lowest BCUT2D eigenvalue weighted by Gasteiger charge is -2.22. The molecule has 3 nitrogen and oxygen atoms in total. The molecular weight excluding hydrogens is 403 g/mol. The first-order chi connectivity index (χ1) is 14.1. The first kappa shape index (κ1) is 19.9. The quantitative estimate of drug-likeness (QED) is 0.500. The molecule has 1 amide bonds. The van der Waals surface area contributed by atoms with Crippen LogP contribution in [0.2, 0.25) is 10.0 Å². The molecule has 0 aliphatic heterocycles. The lowest BCUT2D eigenvalue weighted by molar-refractivity contribution is 0.0923. The monoisotopic (exact) mass is 424 g/mol. The summed E-state index contributed by atoms with van der Waals surface area (Å²) in [6.45, 7) is 0. The van der Waals surface area contributed by atoms with Crippen LogP contribution in [0.25, 0.3) is 22.4 Å². The van der Waals surface area contributed by atoms with Gasteiger partial charge in [0.05, 0.1) is 5.69 Å². The van der Waals surface area contributed by atoms with Crippen LogP contribution >= 0.6 is 23.2 Å². The summed E-state index contributed by atoms with van der Waals surface area (Å²) in [6.07, 6.45) is 5.67. The zero-order chi connectivity index (χ0) is 20.2. The largest absolute Gasteiger partial charge is 0.348 e. The lowest BCUT2D eigenvalue weighted by atomic mass is 9.95. The van der Waals surface area contributed by atoms with Gasteiger partial charge in [-0.15, -0.1) is 0 Å². The van der Waals surface area contributed by atoms with Gasteiger partial charge in [0.15, 0.2) is 0 Å². The zero-order valence-electron chi connectivity index (χ0n) is 16.0. The molecule has 0 atom stereocenters. The lowest BCUT2D eigenvalue weighted by Crippen LogP contribution is -2.36. The van der Waals surface area contributed by atoms with Gasteiger partial charge in [-0.3, -0.25) is 4.79 Å². The van der Waals surface area contributed by atoms with Gasteiger partial charge in [-0.1, -0.05) is 66.7 Å². The number of aromatic nitrogens is 1. The van der Waals surface area contributed by atoms with Crippen LogP contribution in [0.15, 0.2) is 60.7 Å². The van der Waals surface area contributed by atoms with Gasteiger partial charge >= 0.3 is 0 Å². The summed E-state index contributed by atoms with van der Waals surface area (Å²) in [5.74, 6) is -0.116. The fraction of sp³-hybridized carbons (Fsp3) is 0.250. The highest BCUT2D eigenvalue weighted by Gasteiger charge is 2.19. The third-order valence-corrected chi connectivity index (χ3v) is 5.85. The maximum atomic E-state index is 12.8. The van der Waals surface area contributed by atoms with E-state index in [4.69, 9.17) is 28.2 Å². The van der Waals surface area contributed by atoms with Crippen molar-refractivity contribution >= 4 is 29.1 Å². The Labute approximate surface area is 181 Å². The molecule has 0 spiro atoms. The number of hydrogen-bond acceptors (Lipinski definition) is 2. The minimum atomic E-state index is -0.116. The maximum Gasteiger partial charge on any atom is 0.270 e. The van der Waals surface area contributed by atoms with Gasteiger partial charge in [-0.2, -0.15) is 0 Å². The standard InChI is InChI=1S/C24H22Cl2N2O/c25-18-10-6-16(7-11-18)21-14-15-22(24(29)27-20-4-2-1-3-5-20)28-23(21)17-8-12-19(26)13-9-17/h6-15,20H,1-5H2,(H,27,29). The average Bonchev–Trinajstić information content (AvgIpc) is 2.75. The van der Waals surface area contributed by atoms with Gasteiger partial charge in [0.1, 0.15) is 5.69 Å². The molecule has 1 N–H and O–H groups in total. The van der Waals surface area contributed by atoms with Crippen molar-refractivity contribution in [3.8, 4) is 22.4 Å². The number of carbonyl (C=O) groups excluding carboxylic acids is 1. The summed E-state index contributed by atoms with van der Waals surface area (Å²) in [4.78, 5) is 17.6. The van der Waals surface area contributed by atoms with Gasteiger partial charge in [-0.05, 0) is 54.8 Å². The van der Waals surface area contributed by atoms with E-state index >= 15 is 0 Å². The Morgan fingerprint density at radius 3 is 2.00 bits per heavy atom. The molecule has 1 saturated carbocycles. The number of nitrogens with zero attached hydrogens (tertiary/aromatic N) is 1.